The molecule has 0 saturated carbocycles. The van der Waals surface area contributed by atoms with Crippen molar-refractivity contribution in [3.63, 3.8) is 0 Å². The first-order valence-electron chi connectivity index (χ1n) is 7.83. The lowest BCUT2D eigenvalue weighted by Gasteiger charge is -2.38. The van der Waals surface area contributed by atoms with Gasteiger partial charge in [0.15, 0.2) is 5.79 Å². The zero-order valence-corrected chi connectivity index (χ0v) is 13.0. The maximum atomic E-state index is 10.5. The van der Waals surface area contributed by atoms with Crippen molar-refractivity contribution < 1.29 is 14.6 Å². The van der Waals surface area contributed by atoms with Crippen molar-refractivity contribution in [3.05, 3.63) is 34.9 Å². The molecular weight excluding hydrogens is 266 g/mol. The van der Waals surface area contributed by atoms with Crippen molar-refractivity contribution >= 4 is 0 Å². The van der Waals surface area contributed by atoms with Gasteiger partial charge in [-0.25, -0.2) is 0 Å². The van der Waals surface area contributed by atoms with Gasteiger partial charge in [-0.15, -0.1) is 0 Å². The van der Waals surface area contributed by atoms with Gasteiger partial charge in [-0.3, -0.25) is 0 Å². The van der Waals surface area contributed by atoms with E-state index < -0.39 is 6.10 Å². The molecule has 0 aromatic heterocycles. The second-order valence-electron chi connectivity index (χ2n) is 6.35. The van der Waals surface area contributed by atoms with Gasteiger partial charge in [0.25, 0.3) is 0 Å². The normalized spacial score (nSPS) is 23.6. The molecule has 3 rings (SSSR count). The fraction of sp³-hybridized carbons (Fsp3) is 0.647. The van der Waals surface area contributed by atoms with Gasteiger partial charge in [0.2, 0.25) is 0 Å². The maximum absolute atomic E-state index is 10.5. The molecule has 2 aliphatic rings. The number of rotatable bonds is 3. The molecule has 1 unspecified atom stereocenters. The summed E-state index contributed by atoms with van der Waals surface area (Å²) in [6.07, 6.45) is 1.36. The lowest BCUT2D eigenvalue weighted by Crippen LogP contribution is -2.46. The highest BCUT2D eigenvalue weighted by molar-refractivity contribution is 5.30. The van der Waals surface area contributed by atoms with Gasteiger partial charge in [-0.05, 0) is 19.4 Å². The minimum atomic E-state index is -0.428. The van der Waals surface area contributed by atoms with Crippen LogP contribution in [0, 0.1) is 13.8 Å². The van der Waals surface area contributed by atoms with E-state index in [-0.39, 0.29) is 5.79 Å². The van der Waals surface area contributed by atoms with E-state index in [0.29, 0.717) is 19.8 Å². The summed E-state index contributed by atoms with van der Waals surface area (Å²) in [6.45, 7) is 8.09. The zero-order chi connectivity index (χ0) is 14.9. The van der Waals surface area contributed by atoms with Crippen LogP contribution in [0.25, 0.3) is 0 Å². The van der Waals surface area contributed by atoms with Crippen molar-refractivity contribution in [2.24, 2.45) is 0 Å². The van der Waals surface area contributed by atoms with Crippen LogP contribution in [0.15, 0.2) is 18.2 Å². The van der Waals surface area contributed by atoms with Crippen LogP contribution in [0.1, 0.15) is 35.6 Å². The second-order valence-corrected chi connectivity index (χ2v) is 6.35. The van der Waals surface area contributed by atoms with Crippen LogP contribution in [-0.2, 0) is 9.47 Å². The Morgan fingerprint density at radius 3 is 2.24 bits per heavy atom. The van der Waals surface area contributed by atoms with E-state index in [4.69, 9.17) is 9.47 Å². The largest absolute Gasteiger partial charge is 0.387 e. The molecule has 2 aliphatic heterocycles. The first kappa shape index (κ1) is 15.0. The Hall–Kier alpha value is -0.940. The van der Waals surface area contributed by atoms with Crippen molar-refractivity contribution in [3.8, 4) is 0 Å². The SMILES string of the molecule is Cc1cc(C)cc(C(O)CN2CCC3(CC2)OCCO3)c1. The van der Waals surface area contributed by atoms with Gasteiger partial charge >= 0.3 is 0 Å². The van der Waals surface area contributed by atoms with E-state index in [1.807, 2.05) is 0 Å². The topological polar surface area (TPSA) is 41.9 Å². The van der Waals surface area contributed by atoms with E-state index in [1.165, 1.54) is 11.1 Å². The van der Waals surface area contributed by atoms with Gasteiger partial charge in [-0.2, -0.15) is 0 Å². The number of ether oxygens (including phenoxy) is 2. The predicted molar refractivity (Wildman–Crippen MR) is 81.2 cm³/mol. The third-order valence-electron chi connectivity index (χ3n) is 4.49. The summed E-state index contributed by atoms with van der Waals surface area (Å²) >= 11 is 0. The smallest absolute Gasteiger partial charge is 0.170 e. The second kappa shape index (κ2) is 6.05. The minimum absolute atomic E-state index is 0.332. The standard InChI is InChI=1S/C17H25NO3/c1-13-9-14(2)11-15(10-13)16(19)12-18-5-3-17(4-6-18)20-7-8-21-17/h9-11,16,19H,3-8,12H2,1-2H3. The number of aryl methyl sites for hydroxylation is 2. The highest BCUT2D eigenvalue weighted by Gasteiger charge is 2.39. The van der Waals surface area contributed by atoms with Crippen molar-refractivity contribution in [2.75, 3.05) is 32.8 Å². The molecule has 21 heavy (non-hydrogen) atoms. The van der Waals surface area contributed by atoms with Gasteiger partial charge in [0, 0.05) is 32.5 Å². The number of piperidine rings is 1. The van der Waals surface area contributed by atoms with Gasteiger partial charge in [0.1, 0.15) is 0 Å². The van der Waals surface area contributed by atoms with E-state index >= 15 is 0 Å². The first-order chi connectivity index (χ1) is 10.1. The van der Waals surface area contributed by atoms with Gasteiger partial charge in [0.05, 0.1) is 19.3 Å². The summed E-state index contributed by atoms with van der Waals surface area (Å²) in [4.78, 5) is 2.30. The molecule has 4 nitrogen and oxygen atoms in total. The molecule has 0 bridgehead atoms. The third kappa shape index (κ3) is 3.46. The van der Waals surface area contributed by atoms with E-state index in [2.05, 4.69) is 36.9 Å². The highest BCUT2D eigenvalue weighted by Crippen LogP contribution is 2.32. The predicted octanol–water partition coefficient (Wildman–Crippen LogP) is 2.18. The van der Waals surface area contributed by atoms with Crippen molar-refractivity contribution in [2.45, 2.75) is 38.6 Å². The maximum Gasteiger partial charge on any atom is 0.170 e. The fourth-order valence-corrected chi connectivity index (χ4v) is 3.41. The van der Waals surface area contributed by atoms with E-state index in [9.17, 15) is 5.11 Å². The molecule has 116 valence electrons. The summed E-state index contributed by atoms with van der Waals surface area (Å²) in [5.41, 5.74) is 3.42. The molecule has 1 N–H and O–H groups in total. The van der Waals surface area contributed by atoms with Crippen molar-refractivity contribution in [1.29, 1.82) is 0 Å². The summed E-state index contributed by atoms with van der Waals surface area (Å²) in [6, 6.07) is 6.29. The Bertz CT molecular complexity index is 467. The van der Waals surface area contributed by atoms with Crippen LogP contribution in [0.2, 0.25) is 0 Å². The Labute approximate surface area is 126 Å². The molecule has 1 aromatic rings. The van der Waals surface area contributed by atoms with Gasteiger partial charge < -0.3 is 19.5 Å². The number of hydrogen-bond donors (Lipinski definition) is 1. The summed E-state index contributed by atoms with van der Waals surface area (Å²) in [5, 5.41) is 10.5. The van der Waals surface area contributed by atoms with Crippen LogP contribution in [0.3, 0.4) is 0 Å². The highest BCUT2D eigenvalue weighted by atomic mass is 16.7. The van der Waals surface area contributed by atoms with Crippen LogP contribution < -0.4 is 0 Å². The average Bonchev–Trinajstić information content (AvgIpc) is 2.89. The van der Waals surface area contributed by atoms with Gasteiger partial charge in [-0.1, -0.05) is 29.3 Å². The van der Waals surface area contributed by atoms with Crippen molar-refractivity contribution in [1.82, 2.24) is 4.90 Å². The number of likely N-dealkylation sites (tertiary alicyclic amines) is 1. The molecule has 4 heteroatoms. The molecule has 0 aliphatic carbocycles. The fourth-order valence-electron chi connectivity index (χ4n) is 3.41. The molecule has 0 radical (unpaired) electrons. The molecule has 2 heterocycles. The Morgan fingerprint density at radius 1 is 1.10 bits per heavy atom. The van der Waals surface area contributed by atoms with Crippen LogP contribution >= 0.6 is 0 Å². The van der Waals surface area contributed by atoms with E-state index in [0.717, 1.165) is 31.5 Å². The molecule has 1 spiro atoms. The monoisotopic (exact) mass is 291 g/mol. The lowest BCUT2D eigenvalue weighted by molar-refractivity contribution is -0.186. The minimum Gasteiger partial charge on any atom is -0.387 e. The zero-order valence-electron chi connectivity index (χ0n) is 13.0. The number of nitrogens with zero attached hydrogens (tertiary/aromatic N) is 1. The summed E-state index contributed by atoms with van der Waals surface area (Å²) < 4.78 is 11.5. The van der Waals surface area contributed by atoms with E-state index in [1.54, 1.807) is 0 Å². The molecule has 1 aromatic carbocycles. The number of aliphatic hydroxyl groups excluding tert-OH is 1. The summed E-state index contributed by atoms with van der Waals surface area (Å²) in [7, 11) is 0. The quantitative estimate of drug-likeness (QED) is 0.927. The lowest BCUT2D eigenvalue weighted by atomic mass is 10.0. The average molecular weight is 291 g/mol. The molecule has 2 saturated heterocycles. The first-order valence-corrected chi connectivity index (χ1v) is 7.83. The number of benzene rings is 1. The van der Waals surface area contributed by atoms with Crippen LogP contribution in [-0.4, -0.2) is 48.6 Å². The third-order valence-corrected chi connectivity index (χ3v) is 4.49. The number of β-amino-alcohol motifs (C(OH)–C–C–N with tert-alkyl or cyclic N) is 1. The Balaban J connectivity index is 1.57. The van der Waals surface area contributed by atoms with Crippen LogP contribution in [0.5, 0.6) is 0 Å². The Morgan fingerprint density at radius 2 is 1.67 bits per heavy atom. The summed E-state index contributed by atoms with van der Waals surface area (Å²) in [5.74, 6) is -0.332. The molecule has 1 atom stereocenters. The molecular formula is C17H25NO3. The number of hydrogen-bond acceptors (Lipinski definition) is 4. The Kier molecular flexibility index (Phi) is 4.31. The number of aliphatic hydroxyl groups is 1. The molecule has 0 amide bonds. The molecule has 2 fully saturated rings. The van der Waals surface area contributed by atoms with Crippen LogP contribution in [0.4, 0.5) is 0 Å².